The van der Waals surface area contributed by atoms with Crippen molar-refractivity contribution in [2.75, 3.05) is 45.2 Å². The minimum absolute atomic E-state index is 0.0713. The molecule has 3 rings (SSSR count). The van der Waals surface area contributed by atoms with Crippen LogP contribution in [0.1, 0.15) is 5.56 Å². The van der Waals surface area contributed by atoms with Crippen molar-refractivity contribution in [1.29, 1.82) is 0 Å². The van der Waals surface area contributed by atoms with Gasteiger partial charge in [-0.05, 0) is 36.4 Å². The Kier molecular flexibility index (Phi) is 8.35. The molecule has 0 saturated carbocycles. The van der Waals surface area contributed by atoms with Crippen LogP contribution in [0, 0.1) is 0 Å². The molecule has 0 atom stereocenters. The van der Waals surface area contributed by atoms with E-state index in [4.69, 9.17) is 34.6 Å². The second-order valence-electron chi connectivity index (χ2n) is 7.47. The molecule has 0 aliphatic rings. The Labute approximate surface area is 214 Å². The Hall–Kier alpha value is -4.58. The van der Waals surface area contributed by atoms with Crippen molar-refractivity contribution in [2.24, 2.45) is 0 Å². The molecule has 0 aliphatic heterocycles. The molecule has 0 saturated heterocycles. The number of carbonyl (C=O) groups is 1. The Morgan fingerprint density at radius 2 is 1.46 bits per heavy atom. The number of rotatable bonds is 10. The monoisotopic (exact) mass is 529 g/mol. The van der Waals surface area contributed by atoms with Gasteiger partial charge in [0.2, 0.25) is 5.91 Å². The first-order chi connectivity index (χ1) is 17.6. The molecular formula is C25H27N3O8S. The fourth-order valence-corrected chi connectivity index (χ4v) is 4.36. The van der Waals surface area contributed by atoms with Gasteiger partial charge in [-0.15, -0.1) is 0 Å². The number of benzene rings is 3. The van der Waals surface area contributed by atoms with Gasteiger partial charge >= 0.3 is 10.1 Å². The van der Waals surface area contributed by atoms with Gasteiger partial charge in [-0.1, -0.05) is 0 Å². The normalized spacial score (nSPS) is 11.1. The molecule has 0 aliphatic carbocycles. The molecule has 0 radical (unpaired) electrons. The van der Waals surface area contributed by atoms with Crippen molar-refractivity contribution in [3.63, 3.8) is 0 Å². The van der Waals surface area contributed by atoms with Crippen molar-refractivity contribution in [3.8, 4) is 28.7 Å². The van der Waals surface area contributed by atoms with E-state index in [-0.39, 0.29) is 27.8 Å². The summed E-state index contributed by atoms with van der Waals surface area (Å²) in [4.78, 5) is 12.4. The smallest absolute Gasteiger partial charge is 0.341 e. The SMILES string of the molecule is COc1cc(OC)c(C=CC(=O)Nc2ccc(OC)c(OS(=O)(=O)c3ccc(N)cc3N)c2)c(OC)c1. The molecule has 37 heavy (non-hydrogen) atoms. The lowest BCUT2D eigenvalue weighted by molar-refractivity contribution is -0.111. The highest BCUT2D eigenvalue weighted by Crippen LogP contribution is 2.36. The average Bonchev–Trinajstić information content (AvgIpc) is 2.86. The van der Waals surface area contributed by atoms with Crippen LogP contribution in [0.2, 0.25) is 0 Å². The second-order valence-corrected chi connectivity index (χ2v) is 8.98. The molecule has 0 heterocycles. The van der Waals surface area contributed by atoms with Gasteiger partial charge in [-0.3, -0.25) is 4.79 Å². The summed E-state index contributed by atoms with van der Waals surface area (Å²) in [6, 6.07) is 11.5. The Balaban J connectivity index is 1.85. The number of ether oxygens (including phenoxy) is 4. The summed E-state index contributed by atoms with van der Waals surface area (Å²) in [5.74, 6) is 0.858. The molecule has 1 amide bonds. The van der Waals surface area contributed by atoms with Gasteiger partial charge in [0.15, 0.2) is 11.5 Å². The molecular weight excluding hydrogens is 502 g/mol. The molecule has 3 aromatic carbocycles. The number of nitrogen functional groups attached to an aromatic ring is 2. The highest BCUT2D eigenvalue weighted by Gasteiger charge is 2.22. The van der Waals surface area contributed by atoms with Crippen molar-refractivity contribution >= 4 is 39.2 Å². The maximum atomic E-state index is 12.8. The van der Waals surface area contributed by atoms with Gasteiger partial charge in [0.05, 0.1) is 39.7 Å². The van der Waals surface area contributed by atoms with Gasteiger partial charge in [-0.2, -0.15) is 8.42 Å². The highest BCUT2D eigenvalue weighted by molar-refractivity contribution is 7.87. The summed E-state index contributed by atoms with van der Waals surface area (Å²) >= 11 is 0. The topological polar surface area (TPSA) is 161 Å². The number of nitrogens with two attached hydrogens (primary N) is 2. The highest BCUT2D eigenvalue weighted by atomic mass is 32.2. The number of hydrogen-bond donors (Lipinski definition) is 3. The number of carbonyl (C=O) groups excluding carboxylic acids is 1. The molecule has 196 valence electrons. The van der Waals surface area contributed by atoms with E-state index in [9.17, 15) is 13.2 Å². The van der Waals surface area contributed by atoms with Crippen LogP contribution in [-0.2, 0) is 14.9 Å². The number of nitrogens with one attached hydrogen (secondary N) is 1. The minimum atomic E-state index is -4.33. The third-order valence-electron chi connectivity index (χ3n) is 5.09. The molecule has 0 aromatic heterocycles. The molecule has 11 nitrogen and oxygen atoms in total. The third kappa shape index (κ3) is 6.35. The summed E-state index contributed by atoms with van der Waals surface area (Å²) in [7, 11) is 1.50. The zero-order valence-corrected chi connectivity index (χ0v) is 21.4. The standard InChI is InChI=1S/C25H27N3O8S/c1-32-17-13-21(34-3)18(22(14-17)35-4)7-10-25(29)28-16-6-8-20(33-2)23(12-16)36-37(30,31)24-9-5-15(26)11-19(24)27/h5-14H,26-27H2,1-4H3,(H,28,29). The maximum absolute atomic E-state index is 12.8. The molecule has 0 fully saturated rings. The summed E-state index contributed by atoms with van der Waals surface area (Å²) in [5, 5.41) is 2.64. The van der Waals surface area contributed by atoms with Gasteiger partial charge in [0.1, 0.15) is 22.1 Å². The van der Waals surface area contributed by atoms with E-state index in [0.29, 0.717) is 28.5 Å². The molecule has 0 unspecified atom stereocenters. The van der Waals surface area contributed by atoms with Gasteiger partial charge in [0, 0.05) is 35.6 Å². The van der Waals surface area contributed by atoms with Gasteiger partial charge in [0.25, 0.3) is 0 Å². The fraction of sp³-hybridized carbons (Fsp3) is 0.160. The largest absolute Gasteiger partial charge is 0.496 e. The van der Waals surface area contributed by atoms with E-state index in [0.717, 1.165) is 0 Å². The van der Waals surface area contributed by atoms with Crippen LogP contribution >= 0.6 is 0 Å². The lowest BCUT2D eigenvalue weighted by Crippen LogP contribution is -2.13. The van der Waals surface area contributed by atoms with Crippen LogP contribution in [0.5, 0.6) is 28.7 Å². The van der Waals surface area contributed by atoms with E-state index in [1.165, 1.54) is 77.0 Å². The summed E-state index contributed by atoms with van der Waals surface area (Å²) in [6.07, 6.45) is 2.78. The molecule has 0 bridgehead atoms. The summed E-state index contributed by atoms with van der Waals surface area (Å²) in [5.41, 5.74) is 12.4. The van der Waals surface area contributed by atoms with Crippen molar-refractivity contribution in [3.05, 3.63) is 60.2 Å². The van der Waals surface area contributed by atoms with Gasteiger partial charge < -0.3 is 39.9 Å². The van der Waals surface area contributed by atoms with E-state index in [1.807, 2.05) is 0 Å². The van der Waals surface area contributed by atoms with Crippen LogP contribution in [-0.4, -0.2) is 42.8 Å². The van der Waals surface area contributed by atoms with Crippen LogP contribution in [0.25, 0.3) is 6.08 Å². The zero-order valence-electron chi connectivity index (χ0n) is 20.6. The van der Waals surface area contributed by atoms with E-state index in [1.54, 1.807) is 12.1 Å². The predicted octanol–water partition coefficient (Wildman–Crippen LogP) is 3.31. The molecule has 12 heteroatoms. The van der Waals surface area contributed by atoms with Crippen LogP contribution in [0.3, 0.4) is 0 Å². The summed E-state index contributed by atoms with van der Waals surface area (Å²) in [6.45, 7) is 0. The van der Waals surface area contributed by atoms with Crippen molar-refractivity contribution < 1.29 is 36.3 Å². The number of amides is 1. The Bertz CT molecular complexity index is 1410. The van der Waals surface area contributed by atoms with Crippen LogP contribution in [0.4, 0.5) is 17.1 Å². The van der Waals surface area contributed by atoms with Gasteiger partial charge in [-0.25, -0.2) is 0 Å². The zero-order chi connectivity index (χ0) is 27.2. The molecule has 0 spiro atoms. The first-order valence-corrected chi connectivity index (χ1v) is 12.1. The molecule has 3 aromatic rings. The Morgan fingerprint density at radius 1 is 0.811 bits per heavy atom. The van der Waals surface area contributed by atoms with E-state index < -0.39 is 16.0 Å². The summed E-state index contributed by atoms with van der Waals surface area (Å²) < 4.78 is 52.1. The quantitative estimate of drug-likeness (QED) is 0.202. The number of hydrogen-bond acceptors (Lipinski definition) is 10. The van der Waals surface area contributed by atoms with E-state index in [2.05, 4.69) is 5.32 Å². The van der Waals surface area contributed by atoms with Crippen LogP contribution in [0.15, 0.2) is 59.5 Å². The minimum Gasteiger partial charge on any atom is -0.496 e. The maximum Gasteiger partial charge on any atom is 0.341 e. The third-order valence-corrected chi connectivity index (χ3v) is 6.40. The Morgan fingerprint density at radius 3 is 2.03 bits per heavy atom. The number of anilines is 3. The van der Waals surface area contributed by atoms with Crippen molar-refractivity contribution in [2.45, 2.75) is 4.90 Å². The lowest BCUT2D eigenvalue weighted by atomic mass is 10.1. The molecule has 5 N–H and O–H groups in total. The average molecular weight is 530 g/mol. The fourth-order valence-electron chi connectivity index (χ4n) is 3.32. The number of methoxy groups -OCH3 is 4. The predicted molar refractivity (Wildman–Crippen MR) is 140 cm³/mol. The van der Waals surface area contributed by atoms with E-state index >= 15 is 0 Å². The second kappa shape index (κ2) is 11.4. The lowest BCUT2D eigenvalue weighted by Gasteiger charge is -2.14. The first kappa shape index (κ1) is 27.0. The van der Waals surface area contributed by atoms with Crippen LogP contribution < -0.4 is 39.9 Å². The van der Waals surface area contributed by atoms with Crippen molar-refractivity contribution in [1.82, 2.24) is 0 Å². The first-order valence-electron chi connectivity index (χ1n) is 10.7.